The lowest BCUT2D eigenvalue weighted by atomic mass is 10.4. The number of aryl methyl sites for hydroxylation is 1. The maximum Gasteiger partial charge on any atom is 0.197 e. The van der Waals surface area contributed by atoms with E-state index >= 15 is 0 Å². The van der Waals surface area contributed by atoms with Crippen LogP contribution in [0.5, 0.6) is 0 Å². The van der Waals surface area contributed by atoms with Gasteiger partial charge >= 0.3 is 0 Å². The highest BCUT2D eigenvalue weighted by Gasteiger charge is 2.27. The van der Waals surface area contributed by atoms with E-state index in [1.165, 1.54) is 24.6 Å². The average Bonchev–Trinajstić information content (AvgIpc) is 3.12. The summed E-state index contributed by atoms with van der Waals surface area (Å²) in [5, 5.41) is 9.93. The second-order valence-electron chi connectivity index (χ2n) is 4.35. The maximum absolute atomic E-state index is 4.58. The van der Waals surface area contributed by atoms with Gasteiger partial charge in [0.1, 0.15) is 21.3 Å². The molecular formula is C11H12BrN5S. The Kier molecular flexibility index (Phi) is 3.11. The first-order valence-corrected chi connectivity index (χ1v) is 7.33. The zero-order valence-electron chi connectivity index (χ0n) is 10.1. The van der Waals surface area contributed by atoms with Crippen LogP contribution in [0.15, 0.2) is 20.9 Å². The van der Waals surface area contributed by atoms with Gasteiger partial charge in [0.2, 0.25) is 0 Å². The van der Waals surface area contributed by atoms with Crippen LogP contribution in [-0.4, -0.2) is 24.7 Å². The van der Waals surface area contributed by atoms with Gasteiger partial charge in [-0.1, -0.05) is 0 Å². The van der Waals surface area contributed by atoms with E-state index in [1.54, 1.807) is 0 Å². The molecule has 18 heavy (non-hydrogen) atoms. The molecule has 0 spiro atoms. The van der Waals surface area contributed by atoms with E-state index in [9.17, 15) is 0 Å². The number of hydrogen-bond acceptors (Lipinski definition) is 5. The van der Waals surface area contributed by atoms with Crippen molar-refractivity contribution in [1.29, 1.82) is 0 Å². The SMILES string of the molecule is Cc1nnc(Sc2cc(Br)nc(C3CC3)n2)n1C. The van der Waals surface area contributed by atoms with Gasteiger partial charge in [0, 0.05) is 19.0 Å². The van der Waals surface area contributed by atoms with Crippen LogP contribution in [0.3, 0.4) is 0 Å². The third-order valence-corrected chi connectivity index (χ3v) is 4.24. The summed E-state index contributed by atoms with van der Waals surface area (Å²) in [5.41, 5.74) is 0. The van der Waals surface area contributed by atoms with Crippen LogP contribution >= 0.6 is 27.7 Å². The molecule has 1 fully saturated rings. The normalized spacial score (nSPS) is 15.1. The predicted octanol–water partition coefficient (Wildman–Crippen LogP) is 2.70. The van der Waals surface area contributed by atoms with Gasteiger partial charge in [-0.15, -0.1) is 10.2 Å². The molecule has 2 heterocycles. The molecule has 1 aliphatic rings. The van der Waals surface area contributed by atoms with E-state index in [-0.39, 0.29) is 0 Å². The maximum atomic E-state index is 4.58. The van der Waals surface area contributed by atoms with Gasteiger partial charge < -0.3 is 4.57 Å². The van der Waals surface area contributed by atoms with Crippen molar-refractivity contribution >= 4 is 27.7 Å². The second kappa shape index (κ2) is 4.62. The molecule has 0 radical (unpaired) electrons. The minimum absolute atomic E-state index is 0.545. The molecule has 5 nitrogen and oxygen atoms in total. The molecule has 0 amide bonds. The fraction of sp³-hybridized carbons (Fsp3) is 0.455. The van der Waals surface area contributed by atoms with Gasteiger partial charge in [-0.25, -0.2) is 9.97 Å². The summed E-state index contributed by atoms with van der Waals surface area (Å²) < 4.78 is 2.79. The summed E-state index contributed by atoms with van der Waals surface area (Å²) >= 11 is 4.96. The molecular weight excluding hydrogens is 314 g/mol. The summed E-state index contributed by atoms with van der Waals surface area (Å²) in [6, 6.07) is 1.92. The molecule has 3 rings (SSSR count). The molecule has 0 N–H and O–H groups in total. The van der Waals surface area contributed by atoms with Crippen molar-refractivity contribution in [1.82, 2.24) is 24.7 Å². The van der Waals surface area contributed by atoms with Gasteiger partial charge in [-0.05, 0) is 47.5 Å². The van der Waals surface area contributed by atoms with Crippen molar-refractivity contribution in [3.63, 3.8) is 0 Å². The van der Waals surface area contributed by atoms with Crippen LogP contribution in [0.2, 0.25) is 0 Å². The number of hydrogen-bond donors (Lipinski definition) is 0. The molecule has 0 unspecified atom stereocenters. The van der Waals surface area contributed by atoms with Crippen LogP contribution in [0, 0.1) is 6.92 Å². The first kappa shape index (κ1) is 12.1. The molecule has 1 aliphatic carbocycles. The summed E-state index contributed by atoms with van der Waals surface area (Å²) in [5.74, 6) is 2.38. The van der Waals surface area contributed by atoms with Crippen molar-refractivity contribution in [2.24, 2.45) is 7.05 Å². The largest absolute Gasteiger partial charge is 0.309 e. The molecule has 0 saturated heterocycles. The number of nitrogens with zero attached hydrogens (tertiary/aromatic N) is 5. The lowest BCUT2D eigenvalue weighted by Crippen LogP contribution is -1.97. The summed E-state index contributed by atoms with van der Waals surface area (Å²) in [6.07, 6.45) is 2.40. The van der Waals surface area contributed by atoms with Crippen LogP contribution in [0.4, 0.5) is 0 Å². The summed E-state index contributed by atoms with van der Waals surface area (Å²) in [6.45, 7) is 1.93. The third-order valence-electron chi connectivity index (χ3n) is 2.88. The van der Waals surface area contributed by atoms with Crippen LogP contribution in [0.25, 0.3) is 0 Å². The number of aromatic nitrogens is 5. The Balaban J connectivity index is 1.90. The molecule has 2 aromatic heterocycles. The minimum atomic E-state index is 0.545. The Labute approximate surface area is 118 Å². The Hall–Kier alpha value is -0.950. The van der Waals surface area contributed by atoms with Crippen molar-refractivity contribution in [3.8, 4) is 0 Å². The van der Waals surface area contributed by atoms with Gasteiger partial charge in [0.15, 0.2) is 5.16 Å². The zero-order chi connectivity index (χ0) is 12.7. The molecule has 2 aromatic rings. The molecule has 0 aliphatic heterocycles. The van der Waals surface area contributed by atoms with E-state index in [0.29, 0.717) is 5.92 Å². The van der Waals surface area contributed by atoms with Crippen LogP contribution < -0.4 is 0 Å². The molecule has 0 bridgehead atoms. The monoisotopic (exact) mass is 325 g/mol. The Bertz CT molecular complexity index is 593. The topological polar surface area (TPSA) is 56.5 Å². The van der Waals surface area contributed by atoms with E-state index in [1.807, 2.05) is 24.6 Å². The molecule has 0 atom stereocenters. The molecule has 94 valence electrons. The fourth-order valence-electron chi connectivity index (χ4n) is 1.56. The predicted molar refractivity (Wildman–Crippen MR) is 71.6 cm³/mol. The first-order chi connectivity index (χ1) is 8.63. The summed E-state index contributed by atoms with van der Waals surface area (Å²) in [4.78, 5) is 9.00. The Morgan fingerprint density at radius 2 is 2.11 bits per heavy atom. The molecule has 1 saturated carbocycles. The smallest absolute Gasteiger partial charge is 0.197 e. The minimum Gasteiger partial charge on any atom is -0.309 e. The van der Waals surface area contributed by atoms with Crippen molar-refractivity contribution in [3.05, 3.63) is 22.3 Å². The van der Waals surface area contributed by atoms with E-state index in [4.69, 9.17) is 0 Å². The second-order valence-corrected chi connectivity index (χ2v) is 6.15. The fourth-order valence-corrected chi connectivity index (χ4v) is 2.96. The lowest BCUT2D eigenvalue weighted by Gasteiger charge is -2.04. The van der Waals surface area contributed by atoms with E-state index < -0.39 is 0 Å². The average molecular weight is 326 g/mol. The molecule has 7 heteroatoms. The third kappa shape index (κ3) is 2.42. The molecule has 0 aromatic carbocycles. The van der Waals surface area contributed by atoms with Gasteiger partial charge in [-0.2, -0.15) is 0 Å². The zero-order valence-corrected chi connectivity index (χ0v) is 12.5. The first-order valence-electron chi connectivity index (χ1n) is 5.72. The van der Waals surface area contributed by atoms with Gasteiger partial charge in [-0.3, -0.25) is 0 Å². The van der Waals surface area contributed by atoms with Crippen LogP contribution in [-0.2, 0) is 7.05 Å². The van der Waals surface area contributed by atoms with Gasteiger partial charge in [0.05, 0.1) is 0 Å². The van der Waals surface area contributed by atoms with Crippen molar-refractivity contribution < 1.29 is 0 Å². The quantitative estimate of drug-likeness (QED) is 0.812. The van der Waals surface area contributed by atoms with Crippen molar-refractivity contribution in [2.45, 2.75) is 35.9 Å². The van der Waals surface area contributed by atoms with Crippen LogP contribution in [0.1, 0.15) is 30.4 Å². The van der Waals surface area contributed by atoms with E-state index in [2.05, 4.69) is 36.1 Å². The Morgan fingerprint density at radius 3 is 2.72 bits per heavy atom. The highest BCUT2D eigenvalue weighted by atomic mass is 79.9. The van der Waals surface area contributed by atoms with E-state index in [0.717, 1.165) is 26.4 Å². The standard InChI is InChI=1S/C11H12BrN5S/c1-6-15-16-11(17(6)2)18-9-5-8(12)13-10(14-9)7-3-4-7/h5,7H,3-4H2,1-2H3. The Morgan fingerprint density at radius 1 is 1.33 bits per heavy atom. The highest BCUT2D eigenvalue weighted by Crippen LogP contribution is 2.39. The number of halogens is 1. The summed E-state index contributed by atoms with van der Waals surface area (Å²) in [7, 11) is 1.95. The lowest BCUT2D eigenvalue weighted by molar-refractivity contribution is 0.762. The van der Waals surface area contributed by atoms with Gasteiger partial charge in [0.25, 0.3) is 0 Å². The number of rotatable bonds is 3. The van der Waals surface area contributed by atoms with Crippen molar-refractivity contribution in [2.75, 3.05) is 0 Å². The highest BCUT2D eigenvalue weighted by molar-refractivity contribution is 9.10.